The van der Waals surface area contributed by atoms with Gasteiger partial charge in [-0.15, -0.1) is 0 Å². The largest absolute Gasteiger partial charge is 0.347 e. The van der Waals surface area contributed by atoms with Crippen LogP contribution in [0.1, 0.15) is 20.8 Å². The number of nitrogens with two attached hydrogens (primary N) is 1. The average Bonchev–Trinajstić information content (AvgIpc) is 2.22. The Morgan fingerprint density at radius 1 is 1.25 bits per heavy atom. The van der Waals surface area contributed by atoms with Gasteiger partial charge in [-0.05, 0) is 12.8 Å². The molecule has 0 heterocycles. The maximum Gasteiger partial charge on any atom is 0.241 e. The second-order valence-corrected chi connectivity index (χ2v) is 4.41. The molecule has 2 amide bonds. The standard InChI is InChI=1S/C11H23N3O2/c1-6-14(7-9(15)13(4)5)11(16)10(12)8(2)3/h8,10H,6-7,12H2,1-5H3/t10-/m0/s1. The van der Waals surface area contributed by atoms with E-state index in [0.29, 0.717) is 6.54 Å². The van der Waals surface area contributed by atoms with Gasteiger partial charge in [-0.25, -0.2) is 0 Å². The summed E-state index contributed by atoms with van der Waals surface area (Å²) in [4.78, 5) is 26.4. The van der Waals surface area contributed by atoms with Gasteiger partial charge in [0.2, 0.25) is 11.8 Å². The van der Waals surface area contributed by atoms with E-state index < -0.39 is 6.04 Å². The number of likely N-dealkylation sites (N-methyl/N-ethyl adjacent to an activating group) is 2. The zero-order valence-electron chi connectivity index (χ0n) is 10.9. The van der Waals surface area contributed by atoms with Crippen LogP contribution in [-0.2, 0) is 9.59 Å². The smallest absolute Gasteiger partial charge is 0.241 e. The summed E-state index contributed by atoms with van der Waals surface area (Å²) < 4.78 is 0. The zero-order valence-corrected chi connectivity index (χ0v) is 10.9. The number of hydrogen-bond donors (Lipinski definition) is 1. The van der Waals surface area contributed by atoms with Crippen molar-refractivity contribution < 1.29 is 9.59 Å². The molecular formula is C11H23N3O2. The van der Waals surface area contributed by atoms with Crippen LogP contribution in [0.4, 0.5) is 0 Å². The number of nitrogens with zero attached hydrogens (tertiary/aromatic N) is 2. The van der Waals surface area contributed by atoms with Gasteiger partial charge in [0.1, 0.15) is 0 Å². The predicted molar refractivity (Wildman–Crippen MR) is 63.8 cm³/mol. The summed E-state index contributed by atoms with van der Waals surface area (Å²) in [5.74, 6) is -0.171. The van der Waals surface area contributed by atoms with Crippen LogP contribution in [0, 0.1) is 5.92 Å². The quantitative estimate of drug-likeness (QED) is 0.716. The molecule has 0 radical (unpaired) electrons. The molecule has 0 saturated carbocycles. The highest BCUT2D eigenvalue weighted by atomic mass is 16.2. The molecule has 0 rings (SSSR count). The van der Waals surface area contributed by atoms with Crippen LogP contribution in [0.15, 0.2) is 0 Å². The number of carbonyl (C=O) groups excluding carboxylic acids is 2. The van der Waals surface area contributed by atoms with Gasteiger partial charge >= 0.3 is 0 Å². The van der Waals surface area contributed by atoms with Gasteiger partial charge in [0.25, 0.3) is 0 Å². The lowest BCUT2D eigenvalue weighted by Crippen LogP contribution is -2.49. The van der Waals surface area contributed by atoms with E-state index in [1.54, 1.807) is 14.1 Å². The lowest BCUT2D eigenvalue weighted by Gasteiger charge is -2.26. The molecule has 0 unspecified atom stereocenters. The maximum absolute atomic E-state index is 11.9. The summed E-state index contributed by atoms with van der Waals surface area (Å²) in [6.07, 6.45) is 0. The van der Waals surface area contributed by atoms with Crippen LogP contribution in [0.2, 0.25) is 0 Å². The first-order valence-corrected chi connectivity index (χ1v) is 5.55. The fraction of sp³-hybridized carbons (Fsp3) is 0.818. The van der Waals surface area contributed by atoms with E-state index in [4.69, 9.17) is 5.73 Å². The summed E-state index contributed by atoms with van der Waals surface area (Å²) >= 11 is 0. The third-order valence-electron chi connectivity index (χ3n) is 2.52. The molecule has 0 bridgehead atoms. The number of hydrogen-bond acceptors (Lipinski definition) is 3. The maximum atomic E-state index is 11.9. The van der Waals surface area contributed by atoms with Crippen molar-refractivity contribution in [1.29, 1.82) is 0 Å². The van der Waals surface area contributed by atoms with Crippen LogP contribution in [0.3, 0.4) is 0 Å². The van der Waals surface area contributed by atoms with Crippen LogP contribution < -0.4 is 5.73 Å². The molecule has 2 N–H and O–H groups in total. The molecule has 0 saturated heterocycles. The van der Waals surface area contributed by atoms with Gasteiger partial charge in [-0.1, -0.05) is 13.8 Å². The van der Waals surface area contributed by atoms with Crippen molar-refractivity contribution in [3.63, 3.8) is 0 Å². The fourth-order valence-corrected chi connectivity index (χ4v) is 1.15. The predicted octanol–water partition coefficient (Wildman–Crippen LogP) is -0.0936. The number of carbonyl (C=O) groups is 2. The van der Waals surface area contributed by atoms with E-state index in [2.05, 4.69) is 0 Å². The molecule has 0 aromatic carbocycles. The Labute approximate surface area is 97.6 Å². The van der Waals surface area contributed by atoms with Gasteiger partial charge in [0, 0.05) is 20.6 Å². The Morgan fingerprint density at radius 3 is 2.06 bits per heavy atom. The molecule has 0 spiro atoms. The van der Waals surface area contributed by atoms with E-state index in [-0.39, 0.29) is 24.3 Å². The van der Waals surface area contributed by atoms with E-state index in [0.717, 1.165) is 0 Å². The Kier molecular flexibility index (Phi) is 6.03. The Hall–Kier alpha value is -1.10. The molecule has 94 valence electrons. The first kappa shape index (κ1) is 14.9. The average molecular weight is 229 g/mol. The molecule has 16 heavy (non-hydrogen) atoms. The minimum Gasteiger partial charge on any atom is -0.347 e. The highest BCUT2D eigenvalue weighted by Gasteiger charge is 2.24. The second kappa shape index (κ2) is 6.48. The van der Waals surface area contributed by atoms with Crippen molar-refractivity contribution in [2.45, 2.75) is 26.8 Å². The van der Waals surface area contributed by atoms with Crippen molar-refractivity contribution in [1.82, 2.24) is 9.80 Å². The molecule has 5 nitrogen and oxygen atoms in total. The van der Waals surface area contributed by atoms with Gasteiger partial charge in [0.15, 0.2) is 0 Å². The molecule has 5 heteroatoms. The van der Waals surface area contributed by atoms with Crippen LogP contribution >= 0.6 is 0 Å². The fourth-order valence-electron chi connectivity index (χ4n) is 1.15. The molecule has 0 aliphatic heterocycles. The Balaban J connectivity index is 4.50. The van der Waals surface area contributed by atoms with Crippen molar-refractivity contribution in [2.24, 2.45) is 11.7 Å². The van der Waals surface area contributed by atoms with Gasteiger partial charge in [-0.2, -0.15) is 0 Å². The summed E-state index contributed by atoms with van der Waals surface area (Å²) in [6.45, 7) is 6.23. The highest BCUT2D eigenvalue weighted by Crippen LogP contribution is 2.03. The molecule has 0 aromatic rings. The van der Waals surface area contributed by atoms with Gasteiger partial charge < -0.3 is 15.5 Å². The van der Waals surface area contributed by atoms with Crippen molar-refractivity contribution >= 4 is 11.8 Å². The van der Waals surface area contributed by atoms with Crippen molar-refractivity contribution in [3.8, 4) is 0 Å². The van der Waals surface area contributed by atoms with E-state index in [1.807, 2.05) is 20.8 Å². The third-order valence-corrected chi connectivity index (χ3v) is 2.52. The Bertz CT molecular complexity index is 252. The molecule has 0 fully saturated rings. The lowest BCUT2D eigenvalue weighted by molar-refractivity contribution is -0.140. The molecule has 0 aromatic heterocycles. The summed E-state index contributed by atoms with van der Waals surface area (Å²) in [7, 11) is 3.34. The topological polar surface area (TPSA) is 66.6 Å². The molecular weight excluding hydrogens is 206 g/mol. The monoisotopic (exact) mass is 229 g/mol. The first-order chi connectivity index (χ1) is 7.31. The first-order valence-electron chi connectivity index (χ1n) is 5.55. The molecule has 1 atom stereocenters. The summed E-state index contributed by atoms with van der Waals surface area (Å²) in [6, 6.07) is -0.532. The minimum atomic E-state index is -0.532. The third kappa shape index (κ3) is 4.18. The normalized spacial score (nSPS) is 12.4. The van der Waals surface area contributed by atoms with Crippen LogP contribution in [0.25, 0.3) is 0 Å². The van der Waals surface area contributed by atoms with Crippen LogP contribution in [0.5, 0.6) is 0 Å². The van der Waals surface area contributed by atoms with E-state index in [1.165, 1.54) is 9.80 Å². The van der Waals surface area contributed by atoms with Gasteiger partial charge in [0.05, 0.1) is 12.6 Å². The van der Waals surface area contributed by atoms with Crippen LogP contribution in [-0.4, -0.2) is 54.8 Å². The lowest BCUT2D eigenvalue weighted by atomic mass is 10.0. The Morgan fingerprint density at radius 2 is 1.75 bits per heavy atom. The number of rotatable bonds is 5. The number of amides is 2. The van der Waals surface area contributed by atoms with Gasteiger partial charge in [-0.3, -0.25) is 9.59 Å². The van der Waals surface area contributed by atoms with Crippen molar-refractivity contribution in [2.75, 3.05) is 27.2 Å². The minimum absolute atomic E-state index is 0.0796. The SMILES string of the molecule is CCN(CC(=O)N(C)C)C(=O)[C@@H](N)C(C)C. The highest BCUT2D eigenvalue weighted by molar-refractivity contribution is 5.87. The molecule has 0 aliphatic carbocycles. The molecule has 0 aliphatic rings. The van der Waals surface area contributed by atoms with E-state index in [9.17, 15) is 9.59 Å². The summed E-state index contributed by atoms with van der Waals surface area (Å²) in [5.41, 5.74) is 5.77. The summed E-state index contributed by atoms with van der Waals surface area (Å²) in [5, 5.41) is 0. The van der Waals surface area contributed by atoms with E-state index >= 15 is 0 Å². The zero-order chi connectivity index (χ0) is 12.9. The van der Waals surface area contributed by atoms with Crippen molar-refractivity contribution in [3.05, 3.63) is 0 Å². The second-order valence-electron chi connectivity index (χ2n) is 4.41.